The predicted molar refractivity (Wildman–Crippen MR) is 103 cm³/mol. The molecule has 0 atom stereocenters. The van der Waals surface area contributed by atoms with Crippen LogP contribution in [0, 0.1) is 12.7 Å². The Morgan fingerprint density at radius 1 is 1.35 bits per heavy atom. The van der Waals surface area contributed by atoms with Gasteiger partial charge < -0.3 is 5.73 Å². The highest BCUT2D eigenvalue weighted by molar-refractivity contribution is 7.13. The minimum Gasteiger partial charge on any atom is -0.389 e. The summed E-state index contributed by atoms with van der Waals surface area (Å²) in [6.07, 6.45) is 0.102. The molecular formula is C17H16FN5OS2. The lowest BCUT2D eigenvalue weighted by molar-refractivity contribution is -0.120. The number of nitrogens with one attached hydrogen (secondary N) is 1. The summed E-state index contributed by atoms with van der Waals surface area (Å²) in [5.41, 5.74) is 12.0. The molecule has 1 aromatic carbocycles. The smallest absolute Gasteiger partial charge is 0.246 e. The van der Waals surface area contributed by atoms with Gasteiger partial charge in [-0.25, -0.2) is 14.8 Å². The van der Waals surface area contributed by atoms with E-state index in [9.17, 15) is 9.18 Å². The van der Waals surface area contributed by atoms with Crippen LogP contribution < -0.4 is 11.2 Å². The fourth-order valence-electron chi connectivity index (χ4n) is 2.35. The van der Waals surface area contributed by atoms with Crippen molar-refractivity contribution in [1.82, 2.24) is 14.8 Å². The van der Waals surface area contributed by atoms with Gasteiger partial charge in [-0.15, -0.1) is 11.3 Å². The number of carbonyl (C=O) groups is 1. The van der Waals surface area contributed by atoms with Crippen molar-refractivity contribution in [1.29, 1.82) is 0 Å². The molecule has 0 saturated carbocycles. The van der Waals surface area contributed by atoms with E-state index < -0.39 is 0 Å². The van der Waals surface area contributed by atoms with Gasteiger partial charge in [0, 0.05) is 10.9 Å². The lowest BCUT2D eigenvalue weighted by Gasteiger charge is -2.02. The Balaban J connectivity index is 1.64. The van der Waals surface area contributed by atoms with Crippen molar-refractivity contribution in [3.63, 3.8) is 0 Å². The third-order valence-corrected chi connectivity index (χ3v) is 5.29. The van der Waals surface area contributed by atoms with E-state index >= 15 is 0 Å². The molecule has 2 heterocycles. The van der Waals surface area contributed by atoms with Crippen molar-refractivity contribution in [2.75, 3.05) is 5.73 Å². The zero-order valence-electron chi connectivity index (χ0n) is 14.1. The van der Waals surface area contributed by atoms with Crippen LogP contribution in [0.15, 0.2) is 34.7 Å². The first-order valence-corrected chi connectivity index (χ1v) is 9.35. The number of aromatic nitrogens is 2. The zero-order valence-corrected chi connectivity index (χ0v) is 15.7. The van der Waals surface area contributed by atoms with E-state index in [4.69, 9.17) is 5.73 Å². The Bertz CT molecular complexity index is 942. The first-order chi connectivity index (χ1) is 12.4. The van der Waals surface area contributed by atoms with Crippen LogP contribution in [0.25, 0.3) is 10.6 Å². The first kappa shape index (κ1) is 18.2. The molecule has 26 heavy (non-hydrogen) atoms. The molecule has 3 rings (SSSR count). The van der Waals surface area contributed by atoms with E-state index in [1.165, 1.54) is 35.0 Å². The molecule has 0 aliphatic carbocycles. The minimum absolute atomic E-state index is 0.102. The van der Waals surface area contributed by atoms with Crippen molar-refractivity contribution in [3.8, 4) is 10.6 Å². The van der Waals surface area contributed by atoms with E-state index in [2.05, 4.69) is 19.9 Å². The molecule has 0 bridgehead atoms. The van der Waals surface area contributed by atoms with Crippen molar-refractivity contribution < 1.29 is 9.18 Å². The summed E-state index contributed by atoms with van der Waals surface area (Å²) in [5, 5.41) is 7.21. The number of halogens is 1. The van der Waals surface area contributed by atoms with Gasteiger partial charge in [0.2, 0.25) is 5.91 Å². The molecule has 6 nitrogen and oxygen atoms in total. The fraction of sp³-hybridized carbons (Fsp3) is 0.176. The van der Waals surface area contributed by atoms with Crippen LogP contribution in [0.5, 0.6) is 0 Å². The molecule has 0 aliphatic rings. The lowest BCUT2D eigenvalue weighted by atomic mass is 10.2. The summed E-state index contributed by atoms with van der Waals surface area (Å²) < 4.78 is 17.1. The van der Waals surface area contributed by atoms with Crippen molar-refractivity contribution in [3.05, 3.63) is 52.4 Å². The Morgan fingerprint density at radius 2 is 2.08 bits per heavy atom. The summed E-state index contributed by atoms with van der Waals surface area (Å²) in [6.45, 7) is 3.61. The number of amides is 1. The molecule has 0 unspecified atom stereocenters. The number of hydrazone groups is 1. The third kappa shape index (κ3) is 4.12. The van der Waals surface area contributed by atoms with Crippen molar-refractivity contribution in [2.45, 2.75) is 20.3 Å². The maximum Gasteiger partial charge on any atom is 0.246 e. The van der Waals surface area contributed by atoms with Crippen LogP contribution in [0.2, 0.25) is 0 Å². The topological polar surface area (TPSA) is 93.3 Å². The molecule has 0 fully saturated rings. The number of carbonyl (C=O) groups excluding carboxylic acids is 1. The highest BCUT2D eigenvalue weighted by Crippen LogP contribution is 2.24. The van der Waals surface area contributed by atoms with Crippen LogP contribution >= 0.6 is 22.9 Å². The van der Waals surface area contributed by atoms with Gasteiger partial charge in [-0.1, -0.05) is 0 Å². The van der Waals surface area contributed by atoms with E-state index in [0.717, 1.165) is 21.8 Å². The molecule has 0 aliphatic heterocycles. The van der Waals surface area contributed by atoms with Gasteiger partial charge in [-0.3, -0.25) is 4.79 Å². The van der Waals surface area contributed by atoms with Crippen LogP contribution in [-0.4, -0.2) is 21.0 Å². The van der Waals surface area contributed by atoms with E-state index in [0.29, 0.717) is 16.4 Å². The number of benzene rings is 1. The summed E-state index contributed by atoms with van der Waals surface area (Å²) in [6, 6.07) is 6.09. The molecule has 0 saturated heterocycles. The molecule has 0 spiro atoms. The summed E-state index contributed by atoms with van der Waals surface area (Å²) in [4.78, 5) is 16.5. The van der Waals surface area contributed by atoms with Crippen LogP contribution in [-0.2, 0) is 11.2 Å². The SMILES string of the molecule is C/C(=N/NC(=O)Cc1csc(-c2ccc(F)cc2)n1)c1c(C)nsc1N. The highest BCUT2D eigenvalue weighted by atomic mass is 32.1. The number of aryl methyl sites for hydroxylation is 1. The summed E-state index contributed by atoms with van der Waals surface area (Å²) >= 11 is 2.60. The predicted octanol–water partition coefficient (Wildman–Crippen LogP) is 3.38. The number of hydrogen-bond acceptors (Lipinski definition) is 7. The summed E-state index contributed by atoms with van der Waals surface area (Å²) in [7, 11) is 0. The molecule has 3 aromatic rings. The number of nitrogen functional groups attached to an aromatic ring is 1. The van der Waals surface area contributed by atoms with Crippen molar-refractivity contribution >= 4 is 39.5 Å². The maximum atomic E-state index is 13.0. The minimum atomic E-state index is -0.296. The Hall–Kier alpha value is -2.65. The average Bonchev–Trinajstić information content (AvgIpc) is 3.20. The Kier molecular flexibility index (Phi) is 5.38. The van der Waals surface area contributed by atoms with Gasteiger partial charge in [0.05, 0.1) is 29.1 Å². The number of anilines is 1. The second-order valence-corrected chi connectivity index (χ2v) is 7.23. The second-order valence-electron chi connectivity index (χ2n) is 5.57. The molecule has 3 N–H and O–H groups in total. The van der Waals surface area contributed by atoms with E-state index in [1.54, 1.807) is 24.4 Å². The number of rotatable bonds is 5. The van der Waals surface area contributed by atoms with Gasteiger partial charge in [0.15, 0.2) is 0 Å². The number of thiazole rings is 1. The number of nitrogens with zero attached hydrogens (tertiary/aromatic N) is 3. The Morgan fingerprint density at radius 3 is 2.73 bits per heavy atom. The average molecular weight is 389 g/mol. The van der Waals surface area contributed by atoms with Crippen molar-refractivity contribution in [2.24, 2.45) is 5.10 Å². The normalized spacial score (nSPS) is 11.6. The largest absolute Gasteiger partial charge is 0.389 e. The third-order valence-electron chi connectivity index (χ3n) is 3.58. The second kappa shape index (κ2) is 7.71. The van der Waals surface area contributed by atoms with E-state index in [1.807, 2.05) is 6.92 Å². The zero-order chi connectivity index (χ0) is 18.7. The van der Waals surface area contributed by atoms with Crippen LogP contribution in [0.3, 0.4) is 0 Å². The number of nitrogens with two attached hydrogens (primary N) is 1. The molecule has 1 amide bonds. The van der Waals surface area contributed by atoms with Gasteiger partial charge in [0.1, 0.15) is 15.8 Å². The number of hydrogen-bond donors (Lipinski definition) is 2. The van der Waals surface area contributed by atoms with Crippen LogP contribution in [0.4, 0.5) is 9.39 Å². The lowest BCUT2D eigenvalue weighted by Crippen LogP contribution is -2.21. The monoisotopic (exact) mass is 389 g/mol. The summed E-state index contributed by atoms with van der Waals surface area (Å²) in [5.74, 6) is -0.574. The first-order valence-electron chi connectivity index (χ1n) is 7.69. The Labute approximate surface area is 157 Å². The van der Waals surface area contributed by atoms with Gasteiger partial charge >= 0.3 is 0 Å². The molecular weight excluding hydrogens is 373 g/mol. The van der Waals surface area contributed by atoms with E-state index in [-0.39, 0.29) is 18.1 Å². The van der Waals surface area contributed by atoms with Gasteiger partial charge in [-0.05, 0) is 49.6 Å². The molecule has 0 radical (unpaired) electrons. The fourth-order valence-corrected chi connectivity index (χ4v) is 3.89. The molecule has 9 heteroatoms. The quantitative estimate of drug-likeness (QED) is 0.517. The molecule has 134 valence electrons. The van der Waals surface area contributed by atoms with Gasteiger partial charge in [-0.2, -0.15) is 9.47 Å². The van der Waals surface area contributed by atoms with Crippen LogP contribution in [0.1, 0.15) is 23.9 Å². The highest BCUT2D eigenvalue weighted by Gasteiger charge is 2.12. The maximum absolute atomic E-state index is 13.0. The van der Waals surface area contributed by atoms with Gasteiger partial charge in [0.25, 0.3) is 0 Å². The standard InChI is InChI=1S/C17H16FN5OS2/c1-9(15-10(2)23-26-16(15)19)21-22-14(24)7-13-8-25-17(20-13)11-3-5-12(18)6-4-11/h3-6,8H,7,19H2,1-2H3,(H,22,24)/b21-9-. The molecule has 2 aromatic heterocycles.